The van der Waals surface area contributed by atoms with Crippen molar-refractivity contribution in [3.63, 3.8) is 0 Å². The molecule has 0 aliphatic carbocycles. The van der Waals surface area contributed by atoms with Crippen LogP contribution in [0, 0.1) is 0 Å². The van der Waals surface area contributed by atoms with E-state index in [1.54, 1.807) is 0 Å². The lowest BCUT2D eigenvalue weighted by atomic mass is 9.99. The molecule has 0 N–H and O–H groups in total. The molecule has 126 valence electrons. The Morgan fingerprint density at radius 3 is 2.12 bits per heavy atom. The second-order valence-electron chi connectivity index (χ2n) is 6.85. The minimum Gasteiger partial charge on any atom is -0.371 e. The second-order valence-corrected chi connectivity index (χ2v) is 6.85. The van der Waals surface area contributed by atoms with Gasteiger partial charge in [0.05, 0.1) is 25.4 Å². The van der Waals surface area contributed by atoms with Crippen molar-refractivity contribution in [2.24, 2.45) is 0 Å². The topological polar surface area (TPSA) is 45.4 Å². The average Bonchev–Trinajstić information content (AvgIpc) is 3.54. The van der Waals surface area contributed by atoms with Crippen LogP contribution in [-0.2, 0) is 9.47 Å². The summed E-state index contributed by atoms with van der Waals surface area (Å²) in [6, 6.07) is 18.5. The highest BCUT2D eigenvalue weighted by atomic mass is 16.6. The molecular weight excluding hydrogens is 314 g/mol. The van der Waals surface area contributed by atoms with Gasteiger partial charge in [0.1, 0.15) is 0 Å². The number of fused-ring (bicyclic) bond motifs is 2. The van der Waals surface area contributed by atoms with Crippen LogP contribution in [0.3, 0.4) is 0 Å². The van der Waals surface area contributed by atoms with E-state index in [9.17, 15) is 4.79 Å². The number of rotatable bonds is 5. The predicted molar refractivity (Wildman–Crippen MR) is 96.8 cm³/mol. The van der Waals surface area contributed by atoms with E-state index in [1.165, 1.54) is 5.39 Å². The molecule has 2 atom stereocenters. The molecule has 0 aromatic heterocycles. The Hall–Kier alpha value is -2.43. The third-order valence-electron chi connectivity index (χ3n) is 4.92. The molecule has 25 heavy (non-hydrogen) atoms. The van der Waals surface area contributed by atoms with Gasteiger partial charge in [-0.25, -0.2) is 0 Å². The first kappa shape index (κ1) is 14.9. The predicted octanol–water partition coefficient (Wildman–Crippen LogP) is 3.23. The number of benzene rings is 3. The van der Waals surface area contributed by atoms with Gasteiger partial charge in [-0.1, -0.05) is 36.4 Å². The Morgan fingerprint density at radius 2 is 1.48 bits per heavy atom. The summed E-state index contributed by atoms with van der Waals surface area (Å²) in [5.74, 6) is 0.0619. The van der Waals surface area contributed by atoms with Crippen LogP contribution in [0.4, 0.5) is 0 Å². The minimum absolute atomic E-state index is 0.0619. The SMILES string of the molecule is O=C(c1cccc2cc3ccccc3cc12)N(CC1CO1)CC1CO1. The average molecular weight is 333 g/mol. The number of hydrogen-bond acceptors (Lipinski definition) is 3. The highest BCUT2D eigenvalue weighted by Crippen LogP contribution is 2.27. The second kappa shape index (κ2) is 5.83. The van der Waals surface area contributed by atoms with Crippen molar-refractivity contribution in [3.8, 4) is 0 Å². The molecule has 3 aromatic rings. The smallest absolute Gasteiger partial charge is 0.254 e. The molecule has 2 unspecified atom stereocenters. The number of carbonyl (C=O) groups excluding carboxylic acids is 1. The lowest BCUT2D eigenvalue weighted by Gasteiger charge is -2.22. The summed E-state index contributed by atoms with van der Waals surface area (Å²) in [5.41, 5.74) is 0.754. The van der Waals surface area contributed by atoms with Crippen molar-refractivity contribution in [1.82, 2.24) is 4.90 Å². The van der Waals surface area contributed by atoms with E-state index in [-0.39, 0.29) is 18.1 Å². The summed E-state index contributed by atoms with van der Waals surface area (Å²) in [4.78, 5) is 15.1. The van der Waals surface area contributed by atoms with E-state index in [0.29, 0.717) is 13.1 Å². The first-order valence-electron chi connectivity index (χ1n) is 8.72. The summed E-state index contributed by atoms with van der Waals surface area (Å²) in [6.45, 7) is 2.77. The zero-order valence-corrected chi connectivity index (χ0v) is 13.9. The monoisotopic (exact) mass is 333 g/mol. The Morgan fingerprint density at radius 1 is 0.880 bits per heavy atom. The van der Waals surface area contributed by atoms with E-state index < -0.39 is 0 Å². The van der Waals surface area contributed by atoms with Crippen LogP contribution >= 0.6 is 0 Å². The Bertz CT molecular complexity index is 946. The molecule has 3 aromatic carbocycles. The molecule has 4 nitrogen and oxygen atoms in total. The number of amides is 1. The fourth-order valence-electron chi connectivity index (χ4n) is 3.40. The maximum atomic E-state index is 13.2. The van der Waals surface area contributed by atoms with Gasteiger partial charge in [0, 0.05) is 18.7 Å². The Kier molecular flexibility index (Phi) is 3.47. The molecule has 2 saturated heterocycles. The number of hydrogen-bond donors (Lipinski definition) is 0. The molecule has 0 spiro atoms. The third-order valence-corrected chi connectivity index (χ3v) is 4.92. The molecule has 5 rings (SSSR count). The summed E-state index contributed by atoms with van der Waals surface area (Å²) in [6.07, 6.45) is 0.358. The molecule has 1 amide bonds. The molecule has 2 heterocycles. The maximum Gasteiger partial charge on any atom is 0.254 e. The molecular formula is C21H19NO3. The van der Waals surface area contributed by atoms with Gasteiger partial charge in [-0.3, -0.25) is 4.79 Å². The normalized spacial score (nSPS) is 21.4. The van der Waals surface area contributed by atoms with Gasteiger partial charge in [-0.05, 0) is 39.7 Å². The number of epoxide rings is 2. The molecule has 2 aliphatic rings. The standard InChI is InChI=1S/C21H19NO3/c23-21(22(10-17-12-24-17)11-18-13-25-18)19-7-3-6-16-8-14-4-1-2-5-15(14)9-20(16)19/h1-9,17-18H,10-13H2. The van der Waals surface area contributed by atoms with Gasteiger partial charge in [0.2, 0.25) is 0 Å². The fourth-order valence-corrected chi connectivity index (χ4v) is 3.40. The van der Waals surface area contributed by atoms with E-state index in [0.717, 1.165) is 34.9 Å². The minimum atomic E-state index is 0.0619. The van der Waals surface area contributed by atoms with E-state index >= 15 is 0 Å². The molecule has 0 saturated carbocycles. The van der Waals surface area contributed by atoms with E-state index in [2.05, 4.69) is 30.3 Å². The zero-order valence-electron chi connectivity index (χ0n) is 13.9. The van der Waals surface area contributed by atoms with Crippen LogP contribution in [0.1, 0.15) is 10.4 Å². The first-order valence-corrected chi connectivity index (χ1v) is 8.72. The molecule has 2 fully saturated rings. The van der Waals surface area contributed by atoms with Crippen LogP contribution < -0.4 is 0 Å². The lowest BCUT2D eigenvalue weighted by Crippen LogP contribution is -2.37. The number of carbonyl (C=O) groups is 1. The highest BCUT2D eigenvalue weighted by molar-refractivity contribution is 6.10. The summed E-state index contributed by atoms with van der Waals surface area (Å²) in [5, 5.41) is 4.44. The van der Waals surface area contributed by atoms with Crippen LogP contribution in [0.2, 0.25) is 0 Å². The fraction of sp³-hybridized carbons (Fsp3) is 0.286. The first-order chi connectivity index (χ1) is 12.3. The lowest BCUT2D eigenvalue weighted by molar-refractivity contribution is 0.0731. The highest BCUT2D eigenvalue weighted by Gasteiger charge is 2.33. The van der Waals surface area contributed by atoms with Crippen molar-refractivity contribution < 1.29 is 14.3 Å². The van der Waals surface area contributed by atoms with E-state index in [4.69, 9.17) is 9.47 Å². The van der Waals surface area contributed by atoms with Crippen molar-refractivity contribution in [2.45, 2.75) is 12.2 Å². The van der Waals surface area contributed by atoms with Crippen molar-refractivity contribution >= 4 is 27.5 Å². The van der Waals surface area contributed by atoms with Crippen molar-refractivity contribution in [1.29, 1.82) is 0 Å². The summed E-state index contributed by atoms with van der Waals surface area (Å²) >= 11 is 0. The summed E-state index contributed by atoms with van der Waals surface area (Å²) < 4.78 is 10.7. The van der Waals surface area contributed by atoms with Crippen LogP contribution in [-0.4, -0.2) is 49.3 Å². The Balaban J connectivity index is 1.57. The van der Waals surface area contributed by atoms with Crippen LogP contribution in [0.15, 0.2) is 54.6 Å². The molecule has 2 aliphatic heterocycles. The Labute approximate surface area is 145 Å². The maximum absolute atomic E-state index is 13.2. The van der Waals surface area contributed by atoms with Gasteiger partial charge in [0.25, 0.3) is 5.91 Å². The van der Waals surface area contributed by atoms with Crippen LogP contribution in [0.5, 0.6) is 0 Å². The number of ether oxygens (including phenoxy) is 2. The van der Waals surface area contributed by atoms with E-state index in [1.807, 2.05) is 29.2 Å². The van der Waals surface area contributed by atoms with Gasteiger partial charge in [-0.2, -0.15) is 0 Å². The molecule has 0 radical (unpaired) electrons. The zero-order chi connectivity index (χ0) is 16.8. The van der Waals surface area contributed by atoms with Gasteiger partial charge in [0.15, 0.2) is 0 Å². The number of nitrogens with zero attached hydrogens (tertiary/aromatic N) is 1. The van der Waals surface area contributed by atoms with Gasteiger partial charge in [-0.15, -0.1) is 0 Å². The third kappa shape index (κ3) is 2.99. The van der Waals surface area contributed by atoms with Crippen molar-refractivity contribution in [3.05, 3.63) is 60.2 Å². The molecule has 4 heteroatoms. The van der Waals surface area contributed by atoms with Gasteiger partial charge >= 0.3 is 0 Å². The summed E-state index contributed by atoms with van der Waals surface area (Å²) in [7, 11) is 0. The van der Waals surface area contributed by atoms with Crippen molar-refractivity contribution in [2.75, 3.05) is 26.3 Å². The quantitative estimate of drug-likeness (QED) is 0.532. The largest absolute Gasteiger partial charge is 0.371 e. The molecule has 0 bridgehead atoms. The van der Waals surface area contributed by atoms with Gasteiger partial charge < -0.3 is 14.4 Å². The van der Waals surface area contributed by atoms with Crippen LogP contribution in [0.25, 0.3) is 21.5 Å².